The first-order valence-corrected chi connectivity index (χ1v) is 7.59. The molecule has 1 heterocycles. The lowest BCUT2D eigenvalue weighted by Gasteiger charge is -2.34. The third kappa shape index (κ3) is 4.55. The van der Waals surface area contributed by atoms with Crippen LogP contribution >= 0.6 is 0 Å². The number of amides is 2. The van der Waals surface area contributed by atoms with Crippen molar-refractivity contribution in [2.24, 2.45) is 5.10 Å². The summed E-state index contributed by atoms with van der Waals surface area (Å²) in [6.45, 7) is 7.34. The van der Waals surface area contributed by atoms with E-state index in [1.165, 1.54) is 0 Å². The molecule has 0 saturated carbocycles. The molecule has 1 aromatic carbocycles. The summed E-state index contributed by atoms with van der Waals surface area (Å²) in [6.07, 6.45) is 1.65. The first kappa shape index (κ1) is 17.0. The van der Waals surface area contributed by atoms with Crippen LogP contribution in [0.2, 0.25) is 0 Å². The maximum Gasteiger partial charge on any atom is 0.408 e. The van der Waals surface area contributed by atoms with Gasteiger partial charge >= 0.3 is 6.09 Å². The summed E-state index contributed by atoms with van der Waals surface area (Å²) < 4.78 is 5.30. The van der Waals surface area contributed by atoms with Gasteiger partial charge in [-0.2, -0.15) is 5.10 Å². The average Bonchev–Trinajstić information content (AvgIpc) is 2.42. The van der Waals surface area contributed by atoms with Crippen LogP contribution in [0.15, 0.2) is 29.4 Å². The molecule has 2 rings (SSSR count). The van der Waals surface area contributed by atoms with E-state index < -0.39 is 17.2 Å². The summed E-state index contributed by atoms with van der Waals surface area (Å²) in [5.41, 5.74) is 2.80. The van der Waals surface area contributed by atoms with Gasteiger partial charge in [-0.25, -0.2) is 10.2 Å². The summed E-state index contributed by atoms with van der Waals surface area (Å²) in [4.78, 5) is 24.6. The molecule has 1 atom stereocenters. The number of hydrogen-bond acceptors (Lipinski definition) is 4. The quantitative estimate of drug-likeness (QED) is 0.898. The number of carbonyl (C=O) groups excluding carboxylic acids is 2. The lowest BCUT2D eigenvalue weighted by molar-refractivity contribution is -0.128. The van der Waals surface area contributed by atoms with Crippen LogP contribution in [0.25, 0.3) is 0 Å². The van der Waals surface area contributed by atoms with E-state index in [4.69, 9.17) is 4.74 Å². The standard InChI is InChI=1S/C17H23N3O3/c1-12-5-7-13(8-6-12)11-17(9-10-18-20-14(17)21)19-15(22)23-16(2,3)4/h5-8,10H,9,11H2,1-4H3,(H,19,22)(H,20,21). The highest BCUT2D eigenvalue weighted by Gasteiger charge is 2.42. The lowest BCUT2D eigenvalue weighted by Crippen LogP contribution is -2.61. The van der Waals surface area contributed by atoms with Gasteiger partial charge in [-0.05, 0) is 33.3 Å². The topological polar surface area (TPSA) is 79.8 Å². The zero-order valence-corrected chi connectivity index (χ0v) is 14.0. The van der Waals surface area contributed by atoms with Gasteiger partial charge in [-0.3, -0.25) is 4.79 Å². The van der Waals surface area contributed by atoms with E-state index in [2.05, 4.69) is 15.8 Å². The molecule has 0 saturated heterocycles. The number of benzene rings is 1. The fraction of sp³-hybridized carbons (Fsp3) is 0.471. The molecule has 23 heavy (non-hydrogen) atoms. The molecule has 6 heteroatoms. The molecule has 1 aliphatic heterocycles. The lowest BCUT2D eigenvalue weighted by atomic mass is 9.86. The van der Waals surface area contributed by atoms with E-state index in [1.807, 2.05) is 31.2 Å². The van der Waals surface area contributed by atoms with Crippen molar-refractivity contribution in [1.29, 1.82) is 0 Å². The molecule has 0 fully saturated rings. The number of hydrazone groups is 1. The highest BCUT2D eigenvalue weighted by atomic mass is 16.6. The first-order valence-electron chi connectivity index (χ1n) is 7.59. The zero-order chi connectivity index (χ0) is 17.1. The molecule has 0 spiro atoms. The van der Waals surface area contributed by atoms with Crippen molar-refractivity contribution in [3.63, 3.8) is 0 Å². The first-order chi connectivity index (χ1) is 10.7. The minimum atomic E-state index is -1.10. The Morgan fingerprint density at radius 2 is 2.00 bits per heavy atom. The number of nitrogens with zero attached hydrogens (tertiary/aromatic N) is 1. The van der Waals surface area contributed by atoms with E-state index in [0.717, 1.165) is 11.1 Å². The monoisotopic (exact) mass is 317 g/mol. The molecule has 124 valence electrons. The van der Waals surface area contributed by atoms with Gasteiger partial charge in [0.2, 0.25) is 0 Å². The Balaban J connectivity index is 2.22. The van der Waals surface area contributed by atoms with Crippen molar-refractivity contribution in [2.45, 2.75) is 51.7 Å². The summed E-state index contributed by atoms with van der Waals surface area (Å²) in [5, 5.41) is 6.51. The molecule has 0 aromatic heterocycles. The summed E-state index contributed by atoms with van der Waals surface area (Å²) in [6, 6.07) is 7.86. The van der Waals surface area contributed by atoms with Gasteiger partial charge in [-0.15, -0.1) is 0 Å². The molecule has 1 aliphatic rings. The number of rotatable bonds is 3. The Morgan fingerprint density at radius 3 is 2.57 bits per heavy atom. The van der Waals surface area contributed by atoms with E-state index in [0.29, 0.717) is 12.8 Å². The van der Waals surface area contributed by atoms with Crippen molar-refractivity contribution in [3.05, 3.63) is 35.4 Å². The van der Waals surface area contributed by atoms with E-state index in [1.54, 1.807) is 27.0 Å². The van der Waals surface area contributed by atoms with Crippen LogP contribution in [0, 0.1) is 6.92 Å². The second-order valence-electron chi connectivity index (χ2n) is 6.83. The van der Waals surface area contributed by atoms with Crippen LogP contribution in [-0.4, -0.2) is 29.4 Å². The van der Waals surface area contributed by atoms with Gasteiger partial charge in [-0.1, -0.05) is 29.8 Å². The molecular formula is C17H23N3O3. The Hall–Kier alpha value is -2.37. The summed E-state index contributed by atoms with van der Waals surface area (Å²) in [7, 11) is 0. The van der Waals surface area contributed by atoms with Crippen LogP contribution in [-0.2, 0) is 16.0 Å². The minimum Gasteiger partial charge on any atom is -0.444 e. The maximum atomic E-state index is 12.4. The van der Waals surface area contributed by atoms with Crippen molar-refractivity contribution in [1.82, 2.24) is 10.7 Å². The summed E-state index contributed by atoms with van der Waals surface area (Å²) >= 11 is 0. The largest absolute Gasteiger partial charge is 0.444 e. The molecule has 6 nitrogen and oxygen atoms in total. The minimum absolute atomic E-state index is 0.311. The average molecular weight is 317 g/mol. The fourth-order valence-corrected chi connectivity index (χ4v) is 2.36. The van der Waals surface area contributed by atoms with Gasteiger partial charge in [0.25, 0.3) is 5.91 Å². The van der Waals surface area contributed by atoms with Crippen LogP contribution < -0.4 is 10.7 Å². The summed E-state index contributed by atoms with van der Waals surface area (Å²) in [5.74, 6) is -0.341. The molecule has 0 aliphatic carbocycles. The number of hydrogen-bond donors (Lipinski definition) is 2. The van der Waals surface area contributed by atoms with Crippen LogP contribution in [0.3, 0.4) is 0 Å². The highest BCUT2D eigenvalue weighted by molar-refractivity contribution is 5.95. The molecule has 0 bridgehead atoms. The Kier molecular flexibility index (Phi) is 4.73. The SMILES string of the molecule is Cc1ccc(CC2(NC(=O)OC(C)(C)C)CC=NNC2=O)cc1. The van der Waals surface area contributed by atoms with E-state index >= 15 is 0 Å². The third-order valence-corrected chi connectivity index (χ3v) is 3.50. The molecule has 0 radical (unpaired) electrons. The normalized spacial score (nSPS) is 20.8. The second-order valence-corrected chi connectivity index (χ2v) is 6.83. The van der Waals surface area contributed by atoms with Crippen molar-refractivity contribution in [2.75, 3.05) is 0 Å². The van der Waals surface area contributed by atoms with Crippen molar-refractivity contribution in [3.8, 4) is 0 Å². The van der Waals surface area contributed by atoms with Gasteiger partial charge in [0.15, 0.2) is 0 Å². The smallest absolute Gasteiger partial charge is 0.408 e. The third-order valence-electron chi connectivity index (χ3n) is 3.50. The zero-order valence-electron chi connectivity index (χ0n) is 14.0. The van der Waals surface area contributed by atoms with Crippen molar-refractivity contribution >= 4 is 18.2 Å². The molecule has 2 amide bonds. The van der Waals surface area contributed by atoms with E-state index in [-0.39, 0.29) is 5.91 Å². The van der Waals surface area contributed by atoms with E-state index in [9.17, 15) is 9.59 Å². The fourth-order valence-electron chi connectivity index (χ4n) is 2.36. The van der Waals surface area contributed by atoms with Gasteiger partial charge in [0.05, 0.1) is 0 Å². The maximum absolute atomic E-state index is 12.4. The predicted octanol–water partition coefficient (Wildman–Crippen LogP) is 2.31. The van der Waals surface area contributed by atoms with Crippen LogP contribution in [0.5, 0.6) is 0 Å². The second kappa shape index (κ2) is 6.40. The number of aryl methyl sites for hydroxylation is 1. The number of nitrogens with one attached hydrogen (secondary N) is 2. The Labute approximate surface area is 136 Å². The Bertz CT molecular complexity index is 617. The molecule has 1 unspecified atom stereocenters. The molecular weight excluding hydrogens is 294 g/mol. The molecule has 2 N–H and O–H groups in total. The van der Waals surface area contributed by atoms with Gasteiger partial charge < -0.3 is 10.1 Å². The van der Waals surface area contributed by atoms with Crippen LogP contribution in [0.4, 0.5) is 4.79 Å². The number of alkyl carbamates (subject to hydrolysis) is 1. The highest BCUT2D eigenvalue weighted by Crippen LogP contribution is 2.21. The Morgan fingerprint density at radius 1 is 1.35 bits per heavy atom. The van der Waals surface area contributed by atoms with Gasteiger partial charge in [0.1, 0.15) is 11.1 Å². The number of carbonyl (C=O) groups is 2. The van der Waals surface area contributed by atoms with Crippen molar-refractivity contribution < 1.29 is 14.3 Å². The number of ether oxygens (including phenoxy) is 1. The molecule has 1 aromatic rings. The van der Waals surface area contributed by atoms with Crippen LogP contribution in [0.1, 0.15) is 38.3 Å². The van der Waals surface area contributed by atoms with Gasteiger partial charge in [0, 0.05) is 19.1 Å². The predicted molar refractivity (Wildman–Crippen MR) is 88.2 cm³/mol.